The van der Waals surface area contributed by atoms with Crippen molar-refractivity contribution < 1.29 is 14.1 Å². The van der Waals surface area contributed by atoms with E-state index in [1.807, 2.05) is 13.8 Å². The molecule has 1 aliphatic heterocycles. The van der Waals surface area contributed by atoms with Crippen molar-refractivity contribution >= 4 is 5.91 Å². The molecule has 0 unspecified atom stereocenters. The third kappa shape index (κ3) is 3.40. The molecule has 1 spiro atoms. The molecule has 0 radical (unpaired) electrons. The summed E-state index contributed by atoms with van der Waals surface area (Å²) in [4.78, 5) is 17.2. The molecule has 1 aromatic carbocycles. The van der Waals surface area contributed by atoms with Crippen molar-refractivity contribution in [3.8, 4) is 5.75 Å². The second-order valence-electron chi connectivity index (χ2n) is 8.66. The highest BCUT2D eigenvalue weighted by molar-refractivity contribution is 5.85. The summed E-state index contributed by atoms with van der Waals surface area (Å²) in [5.74, 6) is 3.06. The topological polar surface area (TPSA) is 77.2 Å². The van der Waals surface area contributed by atoms with Gasteiger partial charge in [0.15, 0.2) is 5.82 Å². The van der Waals surface area contributed by atoms with E-state index in [0.717, 1.165) is 18.6 Å². The summed E-state index contributed by atoms with van der Waals surface area (Å²) in [6.07, 6.45) is 2.36. The molecule has 0 saturated heterocycles. The summed E-state index contributed by atoms with van der Waals surface area (Å²) < 4.78 is 11.1. The van der Waals surface area contributed by atoms with Crippen molar-refractivity contribution in [3.05, 3.63) is 41.0 Å². The maximum Gasteiger partial charge on any atom is 0.228 e. The minimum atomic E-state index is -0.0577. The Morgan fingerprint density at radius 1 is 1.29 bits per heavy atom. The van der Waals surface area contributed by atoms with Crippen molar-refractivity contribution in [2.75, 3.05) is 13.2 Å². The van der Waals surface area contributed by atoms with Gasteiger partial charge < -0.3 is 14.6 Å². The van der Waals surface area contributed by atoms with Crippen LogP contribution >= 0.6 is 0 Å². The lowest BCUT2D eigenvalue weighted by Crippen LogP contribution is -2.32. The van der Waals surface area contributed by atoms with E-state index in [9.17, 15) is 4.79 Å². The van der Waals surface area contributed by atoms with Crippen LogP contribution in [0.15, 0.2) is 22.7 Å². The zero-order valence-corrected chi connectivity index (χ0v) is 17.1. The van der Waals surface area contributed by atoms with Gasteiger partial charge in [0.25, 0.3) is 0 Å². The van der Waals surface area contributed by atoms with Crippen LogP contribution in [-0.2, 0) is 16.6 Å². The fraction of sp³-hybridized carbons (Fsp3) is 0.591. The number of fused-ring (bicyclic) bond motifs is 2. The molecule has 1 aromatic heterocycles. The van der Waals surface area contributed by atoms with Gasteiger partial charge in [0, 0.05) is 35.8 Å². The molecule has 28 heavy (non-hydrogen) atoms. The number of nitrogens with zero attached hydrogens (tertiary/aromatic N) is 2. The van der Waals surface area contributed by atoms with Crippen LogP contribution in [-0.4, -0.2) is 29.2 Å². The van der Waals surface area contributed by atoms with Crippen molar-refractivity contribution in [1.29, 1.82) is 0 Å². The molecule has 2 aliphatic rings. The number of benzene rings is 1. The monoisotopic (exact) mass is 383 g/mol. The van der Waals surface area contributed by atoms with Gasteiger partial charge in [0.2, 0.25) is 11.8 Å². The molecule has 0 bridgehead atoms. The van der Waals surface area contributed by atoms with Crippen LogP contribution in [0.4, 0.5) is 0 Å². The highest BCUT2D eigenvalue weighted by atomic mass is 16.5. The Labute approximate surface area is 166 Å². The van der Waals surface area contributed by atoms with E-state index in [1.54, 1.807) is 0 Å². The van der Waals surface area contributed by atoms with Crippen LogP contribution in [0, 0.1) is 5.92 Å². The molecule has 2 heterocycles. The minimum Gasteiger partial charge on any atom is -0.493 e. The Morgan fingerprint density at radius 2 is 2.11 bits per heavy atom. The van der Waals surface area contributed by atoms with Crippen LogP contribution in [0.3, 0.4) is 0 Å². The van der Waals surface area contributed by atoms with E-state index >= 15 is 0 Å². The molecule has 4 rings (SSSR count). The number of hydrogen-bond acceptors (Lipinski definition) is 5. The Morgan fingerprint density at radius 3 is 2.82 bits per heavy atom. The molecule has 150 valence electrons. The number of ether oxygens (including phenoxy) is 1. The van der Waals surface area contributed by atoms with E-state index in [2.05, 4.69) is 47.5 Å². The summed E-state index contributed by atoms with van der Waals surface area (Å²) in [7, 11) is 0. The third-order valence-corrected chi connectivity index (χ3v) is 6.04. The van der Waals surface area contributed by atoms with Crippen molar-refractivity contribution in [2.24, 2.45) is 5.92 Å². The first-order valence-corrected chi connectivity index (χ1v) is 10.3. The Hall–Kier alpha value is -2.37. The first kappa shape index (κ1) is 19.0. The van der Waals surface area contributed by atoms with E-state index < -0.39 is 0 Å². The molecule has 1 amide bonds. The van der Waals surface area contributed by atoms with Gasteiger partial charge in [0.05, 0.1) is 6.61 Å². The van der Waals surface area contributed by atoms with Crippen LogP contribution in [0.25, 0.3) is 0 Å². The Bertz CT molecular complexity index is 874. The summed E-state index contributed by atoms with van der Waals surface area (Å²) in [6.45, 7) is 9.63. The van der Waals surface area contributed by atoms with Gasteiger partial charge >= 0.3 is 0 Å². The smallest absolute Gasteiger partial charge is 0.228 e. The standard InChI is InChI=1S/C22H29N3O3/c1-13(2)15-5-6-18-16(11-15)22(8-10-27-18)12-17(22)21(26)23-9-7-19-24-20(14(3)4)25-28-19/h5-6,11,13-14,17H,7-10,12H2,1-4H3,(H,23,26)/t17-,22-/m0/s1. The fourth-order valence-corrected chi connectivity index (χ4v) is 4.14. The molecular formula is C22H29N3O3. The van der Waals surface area contributed by atoms with Crippen molar-refractivity contribution in [2.45, 2.75) is 64.2 Å². The highest BCUT2D eigenvalue weighted by Gasteiger charge is 2.61. The second-order valence-corrected chi connectivity index (χ2v) is 8.66. The van der Waals surface area contributed by atoms with Crippen molar-refractivity contribution in [3.63, 3.8) is 0 Å². The molecule has 2 atom stereocenters. The maximum absolute atomic E-state index is 12.8. The van der Waals surface area contributed by atoms with E-state index in [0.29, 0.717) is 37.2 Å². The van der Waals surface area contributed by atoms with E-state index in [4.69, 9.17) is 9.26 Å². The summed E-state index contributed by atoms with van der Waals surface area (Å²) in [6, 6.07) is 6.45. The molecule has 1 N–H and O–H groups in total. The number of aromatic nitrogens is 2. The Kier molecular flexibility index (Phi) is 4.89. The number of nitrogens with one attached hydrogen (secondary N) is 1. The predicted octanol–water partition coefficient (Wildman–Crippen LogP) is 3.72. The number of hydrogen-bond donors (Lipinski definition) is 1. The Balaban J connectivity index is 1.39. The van der Waals surface area contributed by atoms with Gasteiger partial charge in [-0.1, -0.05) is 45.0 Å². The quantitative estimate of drug-likeness (QED) is 0.823. The molecule has 6 heteroatoms. The highest BCUT2D eigenvalue weighted by Crippen LogP contribution is 2.61. The van der Waals surface area contributed by atoms with Gasteiger partial charge in [-0.2, -0.15) is 4.98 Å². The second kappa shape index (κ2) is 7.22. The minimum absolute atomic E-state index is 0.0199. The molecule has 1 aliphatic carbocycles. The summed E-state index contributed by atoms with van der Waals surface area (Å²) >= 11 is 0. The number of carbonyl (C=O) groups is 1. The van der Waals surface area contributed by atoms with Crippen LogP contribution in [0.1, 0.15) is 75.2 Å². The average Bonchev–Trinajstić information content (AvgIpc) is 3.17. The first-order chi connectivity index (χ1) is 13.4. The van der Waals surface area contributed by atoms with Crippen LogP contribution in [0.5, 0.6) is 5.75 Å². The molecular weight excluding hydrogens is 354 g/mol. The molecule has 6 nitrogen and oxygen atoms in total. The molecule has 1 fully saturated rings. The first-order valence-electron chi connectivity index (χ1n) is 10.3. The van der Waals surface area contributed by atoms with Gasteiger partial charge in [0.1, 0.15) is 5.75 Å². The largest absolute Gasteiger partial charge is 0.493 e. The SMILES string of the molecule is CC(C)c1ccc2c(c1)[C@]1(CCO2)C[C@H]1C(=O)NCCc1nc(C(C)C)no1. The van der Waals surface area contributed by atoms with Crippen molar-refractivity contribution in [1.82, 2.24) is 15.5 Å². The molecule has 1 saturated carbocycles. The predicted molar refractivity (Wildman–Crippen MR) is 106 cm³/mol. The normalized spacial score (nSPS) is 23.0. The third-order valence-electron chi connectivity index (χ3n) is 6.04. The lowest BCUT2D eigenvalue weighted by molar-refractivity contribution is -0.122. The number of carbonyl (C=O) groups excluding carboxylic acids is 1. The van der Waals surface area contributed by atoms with E-state index in [-0.39, 0.29) is 23.2 Å². The zero-order chi connectivity index (χ0) is 19.9. The maximum atomic E-state index is 12.8. The zero-order valence-electron chi connectivity index (χ0n) is 17.1. The van der Waals surface area contributed by atoms with Gasteiger partial charge in [-0.3, -0.25) is 4.79 Å². The van der Waals surface area contributed by atoms with Crippen LogP contribution in [0.2, 0.25) is 0 Å². The van der Waals surface area contributed by atoms with Crippen LogP contribution < -0.4 is 10.1 Å². The lowest BCUT2D eigenvalue weighted by Gasteiger charge is -2.28. The van der Waals surface area contributed by atoms with Gasteiger partial charge in [-0.05, 0) is 30.4 Å². The fourth-order valence-electron chi connectivity index (χ4n) is 4.14. The summed E-state index contributed by atoms with van der Waals surface area (Å²) in [5.41, 5.74) is 2.45. The van der Waals surface area contributed by atoms with Gasteiger partial charge in [-0.25, -0.2) is 0 Å². The van der Waals surface area contributed by atoms with E-state index in [1.165, 1.54) is 11.1 Å². The number of amides is 1. The summed E-state index contributed by atoms with van der Waals surface area (Å²) in [5, 5.41) is 7.03. The number of rotatable bonds is 6. The average molecular weight is 383 g/mol. The molecule has 2 aromatic rings. The lowest BCUT2D eigenvalue weighted by atomic mass is 9.85. The van der Waals surface area contributed by atoms with Gasteiger partial charge in [-0.15, -0.1) is 0 Å².